The van der Waals surface area contributed by atoms with E-state index in [9.17, 15) is 9.59 Å². The van der Waals surface area contributed by atoms with Gasteiger partial charge in [0, 0.05) is 50.6 Å². The molecule has 1 aromatic heterocycles. The Morgan fingerprint density at radius 3 is 2.35 bits per heavy atom. The number of nitrogens with one attached hydrogen (secondary N) is 1. The smallest absolute Gasteiger partial charge is 0.328 e. The molecule has 1 amide bonds. The molecular weight excluding hydrogens is 598 g/mol. The highest BCUT2D eigenvalue weighted by Gasteiger charge is 2.26. The van der Waals surface area contributed by atoms with Gasteiger partial charge in [-0.05, 0) is 57.5 Å². The van der Waals surface area contributed by atoms with Crippen molar-refractivity contribution in [3.8, 4) is 0 Å². The Kier molecular flexibility index (Phi) is 18.9. The molecule has 0 saturated heterocycles. The first-order valence-electron chi connectivity index (χ1n) is 13.3. The Hall–Kier alpha value is -1.49. The molecule has 2 atom stereocenters. The van der Waals surface area contributed by atoms with E-state index in [1.807, 2.05) is 62.7 Å². The minimum atomic E-state index is -0.774. The molecule has 0 spiro atoms. The summed E-state index contributed by atoms with van der Waals surface area (Å²) in [5, 5.41) is 2.82. The number of nitrogens with zero attached hydrogens (tertiary/aromatic N) is 4. The van der Waals surface area contributed by atoms with E-state index in [-0.39, 0.29) is 36.6 Å². The highest BCUT2D eigenvalue weighted by molar-refractivity contribution is 6.18. The summed E-state index contributed by atoms with van der Waals surface area (Å²) >= 11 is 11.9. The molecular formula is C27H46Cl4N6O3. The summed E-state index contributed by atoms with van der Waals surface area (Å²) in [4.78, 5) is 34.5. The molecule has 230 valence electrons. The van der Waals surface area contributed by atoms with Crippen molar-refractivity contribution in [2.75, 3.05) is 57.0 Å². The molecule has 9 nitrogen and oxygen atoms in total. The Labute approximate surface area is 261 Å². The number of benzene rings is 1. The lowest BCUT2D eigenvalue weighted by molar-refractivity contribution is -0.148. The molecule has 13 heteroatoms. The standard InChI is InChI=1S/C27H44Cl2N6O3.2ClH/c1-19(2)17-23(27(37)38-16-6-13-33(3)4)32-26(36)21(30)8-10-25-31-22-18-20(7-9-24(22)34(25)5)35(14-11-28)15-12-29;;/h7,9,18-19,21,23H,6,8,10-17,30H2,1-5H3,(H,32,36);2*1H/t21-,23-;;/m0../s1. The molecule has 0 aliphatic carbocycles. The van der Waals surface area contributed by atoms with Crippen molar-refractivity contribution in [2.45, 2.75) is 51.6 Å². The van der Waals surface area contributed by atoms with Crippen molar-refractivity contribution < 1.29 is 14.3 Å². The normalized spacial score (nSPS) is 12.6. The summed E-state index contributed by atoms with van der Waals surface area (Å²) in [5.74, 6) is 1.28. The van der Waals surface area contributed by atoms with Crippen LogP contribution in [0.25, 0.3) is 11.0 Å². The zero-order valence-electron chi connectivity index (χ0n) is 24.2. The lowest BCUT2D eigenvalue weighted by Crippen LogP contribution is -2.49. The van der Waals surface area contributed by atoms with Gasteiger partial charge >= 0.3 is 5.97 Å². The Morgan fingerprint density at radius 2 is 1.77 bits per heavy atom. The quantitative estimate of drug-likeness (QED) is 0.153. The van der Waals surface area contributed by atoms with E-state index < -0.39 is 18.1 Å². The number of rotatable bonds is 17. The van der Waals surface area contributed by atoms with Crippen molar-refractivity contribution in [1.82, 2.24) is 19.8 Å². The van der Waals surface area contributed by atoms with Gasteiger partial charge in [0.05, 0.1) is 23.7 Å². The maximum atomic E-state index is 12.9. The van der Waals surface area contributed by atoms with E-state index in [4.69, 9.17) is 38.7 Å². The van der Waals surface area contributed by atoms with E-state index in [2.05, 4.69) is 10.2 Å². The topological polar surface area (TPSA) is 106 Å². The second-order valence-corrected chi connectivity index (χ2v) is 11.0. The number of esters is 1. The van der Waals surface area contributed by atoms with Crippen LogP contribution in [0.2, 0.25) is 0 Å². The summed E-state index contributed by atoms with van der Waals surface area (Å²) < 4.78 is 7.44. The molecule has 0 saturated carbocycles. The maximum absolute atomic E-state index is 12.9. The number of aryl methyl sites for hydroxylation is 2. The molecule has 0 fully saturated rings. The zero-order chi connectivity index (χ0) is 28.2. The molecule has 0 aliphatic rings. The van der Waals surface area contributed by atoms with E-state index in [1.165, 1.54) is 0 Å². The predicted molar refractivity (Wildman–Crippen MR) is 171 cm³/mol. The van der Waals surface area contributed by atoms with Crippen molar-refractivity contribution in [1.29, 1.82) is 0 Å². The van der Waals surface area contributed by atoms with Crippen LogP contribution in [0, 0.1) is 5.92 Å². The van der Waals surface area contributed by atoms with E-state index in [1.54, 1.807) is 0 Å². The zero-order valence-corrected chi connectivity index (χ0v) is 27.3. The monoisotopic (exact) mass is 642 g/mol. The first-order valence-corrected chi connectivity index (χ1v) is 14.3. The number of alkyl halides is 2. The fraction of sp³-hybridized carbons (Fsp3) is 0.667. The van der Waals surface area contributed by atoms with E-state index in [0.717, 1.165) is 35.5 Å². The van der Waals surface area contributed by atoms with Gasteiger partial charge < -0.3 is 30.2 Å². The fourth-order valence-corrected chi connectivity index (χ4v) is 4.67. The second-order valence-electron chi connectivity index (χ2n) is 10.3. The first kappa shape index (κ1) is 38.5. The van der Waals surface area contributed by atoms with Gasteiger partial charge in [0.15, 0.2) is 0 Å². The Bertz CT molecular complexity index is 1030. The summed E-state index contributed by atoms with van der Waals surface area (Å²) in [5.41, 5.74) is 9.11. The number of hydrogen-bond donors (Lipinski definition) is 2. The van der Waals surface area contributed by atoms with Gasteiger partial charge in [-0.25, -0.2) is 9.78 Å². The van der Waals surface area contributed by atoms with Gasteiger partial charge in [-0.3, -0.25) is 4.79 Å². The third-order valence-corrected chi connectivity index (χ3v) is 6.69. The SMILES string of the molecule is CC(C)C[C@H](NC(=O)[C@@H](N)CCc1nc2cc(N(CCCl)CCCl)ccc2n1C)C(=O)OCCCN(C)C.Cl.Cl. The number of halogens is 4. The van der Waals surface area contributed by atoms with Gasteiger partial charge in [0.2, 0.25) is 5.91 Å². The molecule has 2 rings (SSSR count). The largest absolute Gasteiger partial charge is 0.464 e. The van der Waals surface area contributed by atoms with Crippen LogP contribution in [0.4, 0.5) is 5.69 Å². The molecule has 3 N–H and O–H groups in total. The third kappa shape index (κ3) is 12.2. The number of nitrogens with two attached hydrogens (primary N) is 1. The molecule has 0 bridgehead atoms. The van der Waals surface area contributed by atoms with Crippen LogP contribution in [0.1, 0.15) is 38.9 Å². The number of carbonyl (C=O) groups excluding carboxylic acids is 2. The predicted octanol–water partition coefficient (Wildman–Crippen LogP) is 3.99. The number of ether oxygens (including phenoxy) is 1. The lowest BCUT2D eigenvalue weighted by atomic mass is 10.0. The van der Waals surface area contributed by atoms with Crippen LogP contribution in [0.15, 0.2) is 18.2 Å². The van der Waals surface area contributed by atoms with Gasteiger partial charge in [-0.2, -0.15) is 0 Å². The summed E-state index contributed by atoms with van der Waals surface area (Å²) in [6, 6.07) is 4.62. The number of anilines is 1. The van der Waals surface area contributed by atoms with Crippen LogP contribution >= 0.6 is 48.0 Å². The third-order valence-electron chi connectivity index (χ3n) is 6.35. The molecule has 2 aromatic rings. The number of hydrogen-bond acceptors (Lipinski definition) is 7. The molecule has 1 heterocycles. The molecule has 40 heavy (non-hydrogen) atoms. The van der Waals surface area contributed by atoms with Crippen molar-refractivity contribution in [2.24, 2.45) is 18.7 Å². The first-order chi connectivity index (χ1) is 18.1. The number of imidazole rings is 1. The summed E-state index contributed by atoms with van der Waals surface area (Å²) in [6.07, 6.45) is 2.14. The second kappa shape index (κ2) is 19.6. The van der Waals surface area contributed by atoms with Gasteiger partial charge in [-0.15, -0.1) is 48.0 Å². The van der Waals surface area contributed by atoms with Crippen LogP contribution in [0.3, 0.4) is 0 Å². The molecule has 1 aromatic carbocycles. The molecule has 0 radical (unpaired) electrons. The summed E-state index contributed by atoms with van der Waals surface area (Å²) in [6.45, 7) is 6.54. The van der Waals surface area contributed by atoms with Crippen molar-refractivity contribution in [3.63, 3.8) is 0 Å². The van der Waals surface area contributed by atoms with Gasteiger partial charge in [0.1, 0.15) is 11.9 Å². The summed E-state index contributed by atoms with van der Waals surface area (Å²) in [7, 11) is 5.89. The average molecular weight is 645 g/mol. The number of fused-ring (bicyclic) bond motifs is 1. The van der Waals surface area contributed by atoms with E-state index in [0.29, 0.717) is 50.7 Å². The van der Waals surface area contributed by atoms with Crippen LogP contribution in [-0.4, -0.2) is 90.5 Å². The molecule has 0 unspecified atom stereocenters. The highest BCUT2D eigenvalue weighted by Crippen LogP contribution is 2.23. The van der Waals surface area contributed by atoms with Crippen molar-refractivity contribution >= 4 is 76.6 Å². The lowest BCUT2D eigenvalue weighted by Gasteiger charge is -2.22. The van der Waals surface area contributed by atoms with Crippen LogP contribution in [-0.2, 0) is 27.8 Å². The van der Waals surface area contributed by atoms with Crippen LogP contribution in [0.5, 0.6) is 0 Å². The Morgan fingerprint density at radius 1 is 1.12 bits per heavy atom. The van der Waals surface area contributed by atoms with Gasteiger partial charge in [-0.1, -0.05) is 13.8 Å². The van der Waals surface area contributed by atoms with Crippen LogP contribution < -0.4 is 16.0 Å². The Balaban J connectivity index is 0.00000760. The number of amides is 1. The minimum absolute atomic E-state index is 0. The highest BCUT2D eigenvalue weighted by atomic mass is 35.5. The number of carbonyl (C=O) groups is 2. The molecule has 0 aliphatic heterocycles. The average Bonchev–Trinajstić information content (AvgIpc) is 3.18. The minimum Gasteiger partial charge on any atom is -0.464 e. The number of aromatic nitrogens is 2. The van der Waals surface area contributed by atoms with E-state index >= 15 is 0 Å². The van der Waals surface area contributed by atoms with Gasteiger partial charge in [0.25, 0.3) is 0 Å². The maximum Gasteiger partial charge on any atom is 0.328 e. The fourth-order valence-electron chi connectivity index (χ4n) is 4.27. The van der Waals surface area contributed by atoms with Crippen molar-refractivity contribution in [3.05, 3.63) is 24.0 Å².